The van der Waals surface area contributed by atoms with Crippen molar-refractivity contribution < 1.29 is 0 Å². The summed E-state index contributed by atoms with van der Waals surface area (Å²) in [6.07, 6.45) is 7.12. The average molecular weight is 250 g/mol. The molecule has 1 N–H and O–H groups in total. The molecule has 1 aliphatic carbocycles. The van der Waals surface area contributed by atoms with Crippen LogP contribution < -0.4 is 5.32 Å². The third-order valence-electron chi connectivity index (χ3n) is 4.18. The van der Waals surface area contributed by atoms with Crippen LogP contribution in [0.4, 0.5) is 0 Å². The van der Waals surface area contributed by atoms with E-state index in [9.17, 15) is 0 Å². The summed E-state index contributed by atoms with van der Waals surface area (Å²) in [6.45, 7) is 8.73. The Morgan fingerprint density at radius 3 is 2.89 bits per heavy atom. The van der Waals surface area contributed by atoms with E-state index in [4.69, 9.17) is 0 Å². The molecule has 0 aliphatic heterocycles. The van der Waals surface area contributed by atoms with Crippen LogP contribution in [0.15, 0.2) is 6.20 Å². The molecule has 0 radical (unpaired) electrons. The smallest absolute Gasteiger partial charge is 0.0759 e. The first kappa shape index (κ1) is 13.5. The van der Waals surface area contributed by atoms with Crippen LogP contribution in [-0.2, 0) is 6.54 Å². The number of hydrogen-bond donors (Lipinski definition) is 1. The Bertz CT molecular complexity index is 360. The molecular formula is C14H26N4. The van der Waals surface area contributed by atoms with Gasteiger partial charge in [0, 0.05) is 6.54 Å². The van der Waals surface area contributed by atoms with Crippen molar-refractivity contribution in [3.8, 4) is 0 Å². The first-order chi connectivity index (χ1) is 8.77. The van der Waals surface area contributed by atoms with Crippen LogP contribution in [0.25, 0.3) is 0 Å². The summed E-state index contributed by atoms with van der Waals surface area (Å²) in [4.78, 5) is 0. The van der Waals surface area contributed by atoms with Gasteiger partial charge in [0.25, 0.3) is 0 Å². The van der Waals surface area contributed by atoms with Crippen LogP contribution in [0, 0.1) is 11.8 Å². The Labute approximate surface area is 110 Å². The van der Waals surface area contributed by atoms with Gasteiger partial charge in [-0.15, -0.1) is 5.10 Å². The number of hydrogen-bond acceptors (Lipinski definition) is 3. The van der Waals surface area contributed by atoms with Crippen molar-refractivity contribution in [2.24, 2.45) is 11.8 Å². The van der Waals surface area contributed by atoms with Gasteiger partial charge in [-0.2, -0.15) is 0 Å². The summed E-state index contributed by atoms with van der Waals surface area (Å²) in [5.41, 5.74) is 1.28. The van der Waals surface area contributed by atoms with E-state index < -0.39 is 0 Å². The van der Waals surface area contributed by atoms with Gasteiger partial charge in [-0.05, 0) is 31.2 Å². The van der Waals surface area contributed by atoms with E-state index in [2.05, 4.69) is 41.1 Å². The SMILES string of the molecule is CCCn1nncc1C(NCC)C1CCCC1C. The maximum absolute atomic E-state index is 4.23. The number of nitrogens with zero attached hydrogens (tertiary/aromatic N) is 3. The van der Waals surface area contributed by atoms with Gasteiger partial charge in [0.05, 0.1) is 17.9 Å². The molecule has 1 heterocycles. The monoisotopic (exact) mass is 250 g/mol. The zero-order valence-corrected chi connectivity index (χ0v) is 11.9. The zero-order chi connectivity index (χ0) is 13.0. The molecule has 1 fully saturated rings. The lowest BCUT2D eigenvalue weighted by Gasteiger charge is -2.27. The highest BCUT2D eigenvalue weighted by atomic mass is 15.4. The number of aryl methyl sites for hydroxylation is 1. The number of rotatable bonds is 6. The third kappa shape index (κ3) is 2.74. The molecule has 1 aromatic rings. The van der Waals surface area contributed by atoms with Gasteiger partial charge in [-0.25, -0.2) is 4.68 Å². The standard InChI is InChI=1S/C14H26N4/c1-4-9-18-13(10-16-17-18)14(15-5-2)12-8-6-7-11(12)3/h10-12,14-15H,4-9H2,1-3H3. The predicted molar refractivity (Wildman–Crippen MR) is 73.2 cm³/mol. The maximum Gasteiger partial charge on any atom is 0.0759 e. The van der Waals surface area contributed by atoms with Crippen molar-refractivity contribution in [3.63, 3.8) is 0 Å². The molecule has 18 heavy (non-hydrogen) atoms. The molecule has 1 aromatic heterocycles. The van der Waals surface area contributed by atoms with Gasteiger partial charge in [-0.3, -0.25) is 0 Å². The lowest BCUT2D eigenvalue weighted by molar-refractivity contribution is 0.290. The second kappa shape index (κ2) is 6.32. The fraction of sp³-hybridized carbons (Fsp3) is 0.857. The summed E-state index contributed by atoms with van der Waals surface area (Å²) in [5, 5.41) is 12.0. The molecule has 4 nitrogen and oxygen atoms in total. The van der Waals surface area contributed by atoms with Crippen molar-refractivity contribution >= 4 is 0 Å². The topological polar surface area (TPSA) is 42.7 Å². The molecule has 0 spiro atoms. The van der Waals surface area contributed by atoms with Crippen molar-refractivity contribution in [3.05, 3.63) is 11.9 Å². The Hall–Kier alpha value is -0.900. The minimum atomic E-state index is 0.425. The minimum absolute atomic E-state index is 0.425. The second-order valence-corrected chi connectivity index (χ2v) is 5.49. The summed E-state index contributed by atoms with van der Waals surface area (Å²) in [5.74, 6) is 1.54. The summed E-state index contributed by atoms with van der Waals surface area (Å²) in [7, 11) is 0. The Kier molecular flexibility index (Phi) is 4.75. The summed E-state index contributed by atoms with van der Waals surface area (Å²) in [6, 6.07) is 0.425. The molecule has 4 heteroatoms. The largest absolute Gasteiger partial charge is 0.309 e. The maximum atomic E-state index is 4.23. The van der Waals surface area contributed by atoms with E-state index in [0.717, 1.165) is 31.3 Å². The highest BCUT2D eigenvalue weighted by Gasteiger charge is 2.33. The summed E-state index contributed by atoms with van der Waals surface area (Å²) >= 11 is 0. The minimum Gasteiger partial charge on any atom is -0.309 e. The van der Waals surface area contributed by atoms with Crippen molar-refractivity contribution in [2.45, 2.75) is 59.0 Å². The molecule has 3 atom stereocenters. The fourth-order valence-corrected chi connectivity index (χ4v) is 3.26. The molecule has 0 amide bonds. The molecule has 0 saturated heterocycles. The number of aromatic nitrogens is 3. The van der Waals surface area contributed by atoms with E-state index in [1.54, 1.807) is 0 Å². The van der Waals surface area contributed by atoms with E-state index >= 15 is 0 Å². The lowest BCUT2D eigenvalue weighted by Crippen LogP contribution is -2.31. The number of nitrogens with one attached hydrogen (secondary N) is 1. The molecule has 1 aliphatic rings. The second-order valence-electron chi connectivity index (χ2n) is 5.49. The van der Waals surface area contributed by atoms with Crippen LogP contribution in [0.3, 0.4) is 0 Å². The molecule has 3 unspecified atom stereocenters. The van der Waals surface area contributed by atoms with Crippen LogP contribution in [0.5, 0.6) is 0 Å². The van der Waals surface area contributed by atoms with Crippen LogP contribution >= 0.6 is 0 Å². The van der Waals surface area contributed by atoms with Gasteiger partial charge in [0.2, 0.25) is 0 Å². The van der Waals surface area contributed by atoms with E-state index in [1.807, 2.05) is 6.20 Å². The van der Waals surface area contributed by atoms with Gasteiger partial charge in [-0.1, -0.05) is 38.8 Å². The zero-order valence-electron chi connectivity index (χ0n) is 11.9. The fourth-order valence-electron chi connectivity index (χ4n) is 3.26. The molecular weight excluding hydrogens is 224 g/mol. The summed E-state index contributed by atoms with van der Waals surface area (Å²) < 4.78 is 2.08. The first-order valence-corrected chi connectivity index (χ1v) is 7.39. The Morgan fingerprint density at radius 1 is 1.44 bits per heavy atom. The van der Waals surface area contributed by atoms with Crippen molar-refractivity contribution in [2.75, 3.05) is 6.54 Å². The Morgan fingerprint density at radius 2 is 2.28 bits per heavy atom. The Balaban J connectivity index is 2.20. The normalized spacial score (nSPS) is 25.5. The van der Waals surface area contributed by atoms with Crippen LogP contribution in [-0.4, -0.2) is 21.5 Å². The van der Waals surface area contributed by atoms with Gasteiger partial charge < -0.3 is 5.32 Å². The molecule has 2 rings (SSSR count). The van der Waals surface area contributed by atoms with Gasteiger partial charge in [0.15, 0.2) is 0 Å². The third-order valence-corrected chi connectivity index (χ3v) is 4.18. The molecule has 0 aromatic carbocycles. The van der Waals surface area contributed by atoms with E-state index in [-0.39, 0.29) is 0 Å². The van der Waals surface area contributed by atoms with Gasteiger partial charge in [0.1, 0.15) is 0 Å². The van der Waals surface area contributed by atoms with E-state index in [0.29, 0.717) is 6.04 Å². The highest BCUT2D eigenvalue weighted by Crippen LogP contribution is 2.39. The van der Waals surface area contributed by atoms with Gasteiger partial charge >= 0.3 is 0 Å². The first-order valence-electron chi connectivity index (χ1n) is 7.39. The van der Waals surface area contributed by atoms with Crippen molar-refractivity contribution in [1.82, 2.24) is 20.3 Å². The molecule has 102 valence electrons. The predicted octanol–water partition coefficient (Wildman–Crippen LogP) is 2.77. The van der Waals surface area contributed by atoms with Crippen molar-refractivity contribution in [1.29, 1.82) is 0 Å². The lowest BCUT2D eigenvalue weighted by atomic mass is 9.88. The highest BCUT2D eigenvalue weighted by molar-refractivity contribution is 5.06. The molecule has 0 bridgehead atoms. The quantitative estimate of drug-likeness (QED) is 0.844. The van der Waals surface area contributed by atoms with E-state index in [1.165, 1.54) is 25.0 Å². The van der Waals surface area contributed by atoms with Crippen LogP contribution in [0.1, 0.15) is 58.2 Å². The molecule has 1 saturated carbocycles. The average Bonchev–Trinajstić information content (AvgIpc) is 2.96. The van der Waals surface area contributed by atoms with Crippen LogP contribution in [0.2, 0.25) is 0 Å².